The van der Waals surface area contributed by atoms with Gasteiger partial charge in [-0.3, -0.25) is 9.89 Å². The number of aromatic nitrogens is 3. The van der Waals surface area contributed by atoms with Gasteiger partial charge in [-0.25, -0.2) is 9.78 Å². The van der Waals surface area contributed by atoms with Crippen LogP contribution in [0.1, 0.15) is 22.8 Å². The van der Waals surface area contributed by atoms with Crippen molar-refractivity contribution in [1.29, 1.82) is 0 Å². The third kappa shape index (κ3) is 5.58. The molecule has 0 unspecified atom stereocenters. The highest BCUT2D eigenvalue weighted by Crippen LogP contribution is 2.25. The standard InChI is InChI=1S/C20H19ClN4O3S/c1-3-28-19(27)14-7-8-15(21)16(10-14)22-17(26)11-29-20-23-18(24-25-20)13-6-4-5-12(2)9-13/h4-10H,3,11H2,1-2H3,(H,22,26)(H,23,24,25). The molecule has 9 heteroatoms. The molecule has 0 spiro atoms. The summed E-state index contributed by atoms with van der Waals surface area (Å²) in [5.74, 6) is -0.0366. The second kappa shape index (κ2) is 9.58. The number of rotatable bonds is 7. The van der Waals surface area contributed by atoms with Gasteiger partial charge in [0, 0.05) is 5.56 Å². The number of hydrogen-bond acceptors (Lipinski definition) is 6. The zero-order chi connectivity index (χ0) is 20.8. The summed E-state index contributed by atoms with van der Waals surface area (Å²) < 4.78 is 4.96. The van der Waals surface area contributed by atoms with E-state index in [0.29, 0.717) is 27.3 Å². The number of H-pyrrole nitrogens is 1. The summed E-state index contributed by atoms with van der Waals surface area (Å²) >= 11 is 7.31. The van der Waals surface area contributed by atoms with Crippen LogP contribution in [0.5, 0.6) is 0 Å². The summed E-state index contributed by atoms with van der Waals surface area (Å²) in [6, 6.07) is 12.5. The summed E-state index contributed by atoms with van der Waals surface area (Å²) in [4.78, 5) is 28.5. The number of carbonyl (C=O) groups excluding carboxylic acids is 2. The van der Waals surface area contributed by atoms with Crippen LogP contribution in [0.15, 0.2) is 47.6 Å². The molecule has 0 radical (unpaired) electrons. The highest BCUT2D eigenvalue weighted by Gasteiger charge is 2.13. The SMILES string of the molecule is CCOC(=O)c1ccc(Cl)c(NC(=O)CSc2n[nH]c(-c3cccc(C)c3)n2)c1. The lowest BCUT2D eigenvalue weighted by atomic mass is 10.1. The monoisotopic (exact) mass is 430 g/mol. The number of nitrogens with one attached hydrogen (secondary N) is 2. The lowest BCUT2D eigenvalue weighted by Gasteiger charge is -2.09. The van der Waals surface area contributed by atoms with Gasteiger partial charge in [0.1, 0.15) is 0 Å². The zero-order valence-electron chi connectivity index (χ0n) is 15.9. The third-order valence-corrected chi connectivity index (χ3v) is 5.02. The van der Waals surface area contributed by atoms with E-state index in [1.807, 2.05) is 31.2 Å². The third-order valence-electron chi connectivity index (χ3n) is 3.84. The molecule has 1 amide bonds. The Morgan fingerprint density at radius 2 is 2.07 bits per heavy atom. The number of anilines is 1. The van der Waals surface area contributed by atoms with Crippen LogP contribution in [0.3, 0.4) is 0 Å². The van der Waals surface area contributed by atoms with Crippen molar-refractivity contribution in [3.8, 4) is 11.4 Å². The molecule has 0 saturated heterocycles. The fourth-order valence-corrected chi connectivity index (χ4v) is 3.27. The molecule has 0 aliphatic heterocycles. The number of thioether (sulfide) groups is 1. The maximum Gasteiger partial charge on any atom is 0.338 e. The van der Waals surface area contributed by atoms with Crippen LogP contribution >= 0.6 is 23.4 Å². The molecule has 7 nitrogen and oxygen atoms in total. The topological polar surface area (TPSA) is 97.0 Å². The molecular formula is C20H19ClN4O3S. The number of esters is 1. The molecule has 0 fully saturated rings. The van der Waals surface area contributed by atoms with E-state index in [4.69, 9.17) is 16.3 Å². The molecule has 0 aliphatic rings. The summed E-state index contributed by atoms with van der Waals surface area (Å²) in [5.41, 5.74) is 2.71. The average molecular weight is 431 g/mol. The van der Waals surface area contributed by atoms with E-state index in [-0.39, 0.29) is 18.3 Å². The van der Waals surface area contributed by atoms with Crippen molar-refractivity contribution in [2.24, 2.45) is 0 Å². The number of halogens is 1. The highest BCUT2D eigenvalue weighted by atomic mass is 35.5. The molecular weight excluding hydrogens is 412 g/mol. The quantitative estimate of drug-likeness (QED) is 0.427. The van der Waals surface area contributed by atoms with E-state index in [1.165, 1.54) is 17.8 Å². The maximum absolute atomic E-state index is 12.3. The van der Waals surface area contributed by atoms with E-state index in [2.05, 4.69) is 20.5 Å². The number of carbonyl (C=O) groups is 2. The molecule has 1 heterocycles. The molecule has 0 saturated carbocycles. The van der Waals surface area contributed by atoms with Gasteiger partial charge >= 0.3 is 5.97 Å². The predicted molar refractivity (Wildman–Crippen MR) is 113 cm³/mol. The lowest BCUT2D eigenvalue weighted by Crippen LogP contribution is -2.15. The van der Waals surface area contributed by atoms with Crippen molar-refractivity contribution in [3.05, 3.63) is 58.6 Å². The van der Waals surface area contributed by atoms with Gasteiger partial charge in [-0.15, -0.1) is 5.10 Å². The smallest absolute Gasteiger partial charge is 0.338 e. The number of benzene rings is 2. The maximum atomic E-state index is 12.3. The number of ether oxygens (including phenoxy) is 1. The van der Waals surface area contributed by atoms with Gasteiger partial charge in [-0.2, -0.15) is 0 Å². The number of amides is 1. The van der Waals surface area contributed by atoms with Gasteiger partial charge in [0.05, 0.1) is 28.6 Å². The molecule has 2 N–H and O–H groups in total. The molecule has 0 atom stereocenters. The summed E-state index contributed by atoms with van der Waals surface area (Å²) in [5, 5.41) is 10.5. The van der Waals surface area contributed by atoms with Crippen molar-refractivity contribution in [1.82, 2.24) is 15.2 Å². The Balaban J connectivity index is 1.61. The minimum absolute atomic E-state index is 0.0884. The van der Waals surface area contributed by atoms with Crippen molar-refractivity contribution < 1.29 is 14.3 Å². The Labute approximate surface area is 177 Å². The minimum Gasteiger partial charge on any atom is -0.462 e. The van der Waals surface area contributed by atoms with Crippen molar-refractivity contribution in [2.75, 3.05) is 17.7 Å². The number of hydrogen-bond donors (Lipinski definition) is 2. The van der Waals surface area contributed by atoms with E-state index < -0.39 is 5.97 Å². The first-order valence-electron chi connectivity index (χ1n) is 8.85. The van der Waals surface area contributed by atoms with E-state index in [0.717, 1.165) is 11.1 Å². The summed E-state index contributed by atoms with van der Waals surface area (Å²) in [7, 11) is 0. The summed E-state index contributed by atoms with van der Waals surface area (Å²) in [6.45, 7) is 3.99. The van der Waals surface area contributed by atoms with Gasteiger partial charge in [0.25, 0.3) is 0 Å². The van der Waals surface area contributed by atoms with Gasteiger partial charge < -0.3 is 10.1 Å². The van der Waals surface area contributed by atoms with Crippen LogP contribution in [0, 0.1) is 6.92 Å². The van der Waals surface area contributed by atoms with Gasteiger partial charge in [0.2, 0.25) is 11.1 Å². The normalized spacial score (nSPS) is 10.6. The first-order valence-corrected chi connectivity index (χ1v) is 10.2. The van der Waals surface area contributed by atoms with Gasteiger partial charge in [0.15, 0.2) is 5.82 Å². The van der Waals surface area contributed by atoms with E-state index >= 15 is 0 Å². The van der Waals surface area contributed by atoms with Crippen molar-refractivity contribution >= 4 is 40.9 Å². The number of aromatic amines is 1. The van der Waals surface area contributed by atoms with Gasteiger partial charge in [-0.1, -0.05) is 47.1 Å². The molecule has 3 aromatic rings. The molecule has 29 heavy (non-hydrogen) atoms. The largest absolute Gasteiger partial charge is 0.462 e. The first kappa shape index (κ1) is 20.9. The van der Waals surface area contributed by atoms with Crippen LogP contribution in [0.4, 0.5) is 5.69 Å². The van der Waals surface area contributed by atoms with Crippen LogP contribution in [0.25, 0.3) is 11.4 Å². The highest BCUT2D eigenvalue weighted by molar-refractivity contribution is 7.99. The Kier molecular flexibility index (Phi) is 6.90. The lowest BCUT2D eigenvalue weighted by molar-refractivity contribution is -0.113. The van der Waals surface area contributed by atoms with Gasteiger partial charge in [-0.05, 0) is 38.1 Å². The van der Waals surface area contributed by atoms with Crippen LogP contribution in [-0.2, 0) is 9.53 Å². The molecule has 150 valence electrons. The Morgan fingerprint density at radius 1 is 1.24 bits per heavy atom. The minimum atomic E-state index is -0.474. The average Bonchev–Trinajstić information content (AvgIpc) is 3.17. The fraction of sp³-hybridized carbons (Fsp3) is 0.200. The molecule has 3 rings (SSSR count). The van der Waals surface area contributed by atoms with Crippen LogP contribution < -0.4 is 5.32 Å². The Morgan fingerprint density at radius 3 is 2.83 bits per heavy atom. The van der Waals surface area contributed by atoms with Crippen LogP contribution in [-0.4, -0.2) is 39.4 Å². The molecule has 1 aromatic heterocycles. The summed E-state index contributed by atoms with van der Waals surface area (Å²) in [6.07, 6.45) is 0. The van der Waals surface area contributed by atoms with Crippen molar-refractivity contribution in [2.45, 2.75) is 19.0 Å². The van der Waals surface area contributed by atoms with E-state index in [1.54, 1.807) is 19.1 Å². The van der Waals surface area contributed by atoms with Crippen LogP contribution in [0.2, 0.25) is 5.02 Å². The molecule has 0 aliphatic carbocycles. The fourth-order valence-electron chi connectivity index (χ4n) is 2.51. The predicted octanol–water partition coefficient (Wildman–Crippen LogP) is 4.34. The Hall–Kier alpha value is -2.84. The second-order valence-electron chi connectivity index (χ2n) is 6.09. The zero-order valence-corrected chi connectivity index (χ0v) is 17.4. The van der Waals surface area contributed by atoms with Crippen molar-refractivity contribution in [3.63, 3.8) is 0 Å². The molecule has 2 aromatic carbocycles. The number of aryl methyl sites for hydroxylation is 1. The van der Waals surface area contributed by atoms with E-state index in [9.17, 15) is 9.59 Å². The number of nitrogens with zero attached hydrogens (tertiary/aromatic N) is 2. The molecule has 0 bridgehead atoms. The second-order valence-corrected chi connectivity index (χ2v) is 7.44. The Bertz CT molecular complexity index is 1040. The first-order chi connectivity index (χ1) is 14.0.